The first-order chi connectivity index (χ1) is 2.64. The molecule has 0 rings (SSSR count). The van der Waals surface area contributed by atoms with Crippen molar-refractivity contribution in [2.24, 2.45) is 0 Å². The first kappa shape index (κ1) is 6.15. The van der Waals surface area contributed by atoms with Gasteiger partial charge < -0.3 is 10.00 Å². The van der Waals surface area contributed by atoms with E-state index in [2.05, 4.69) is 6.92 Å². The summed E-state index contributed by atoms with van der Waals surface area (Å²) in [5.74, 6) is -1.30. The van der Waals surface area contributed by atoms with Gasteiger partial charge in [0.15, 0.2) is 0 Å². The van der Waals surface area contributed by atoms with E-state index in [4.69, 9.17) is 10.00 Å². The van der Waals surface area contributed by atoms with Gasteiger partial charge in [-0.05, 0) is 6.92 Å². The molecule has 3 nitrogen and oxygen atoms in total. The van der Waals surface area contributed by atoms with Crippen LogP contribution < -0.4 is 0 Å². The van der Waals surface area contributed by atoms with E-state index >= 15 is 0 Å². The van der Waals surface area contributed by atoms with Crippen molar-refractivity contribution in [3.05, 3.63) is 6.92 Å². The molecule has 37 valence electrons. The molecule has 0 aromatic heterocycles. The molecule has 0 aliphatic rings. The average Bonchev–Trinajstić information content (AvgIpc) is 1.36. The number of hydrogen-bond donors (Lipinski definition) is 2. The van der Waals surface area contributed by atoms with Crippen LogP contribution in [0.2, 0.25) is 0 Å². The summed E-state index contributed by atoms with van der Waals surface area (Å²) in [6.07, 6.45) is 0. The first-order valence-corrected chi connectivity index (χ1v) is 2.82. The molecule has 0 aliphatic heterocycles. The molecule has 0 aromatic carbocycles. The Morgan fingerprint density at radius 3 is 2.00 bits per heavy atom. The molecular formula is C2H6O3P. The Balaban J connectivity index is 3.26. The quantitative estimate of drug-likeness (QED) is 0.450. The van der Waals surface area contributed by atoms with Crippen LogP contribution in [0, 0.1) is 6.92 Å². The lowest BCUT2D eigenvalue weighted by Gasteiger charge is -1.91. The van der Waals surface area contributed by atoms with Crippen molar-refractivity contribution in [3.63, 3.8) is 0 Å². The van der Waals surface area contributed by atoms with Gasteiger partial charge in [-0.15, -0.1) is 0 Å². The standard InChI is InChI=1S/C2H6O3P/c1-2(3)6(4)5/h2-3,6H,1H2,(H,4,5). The highest BCUT2D eigenvalue weighted by Crippen LogP contribution is 2.17. The van der Waals surface area contributed by atoms with Crippen molar-refractivity contribution in [2.45, 2.75) is 5.85 Å². The van der Waals surface area contributed by atoms with Crippen molar-refractivity contribution < 1.29 is 14.6 Å². The van der Waals surface area contributed by atoms with Gasteiger partial charge in [-0.3, -0.25) is 4.57 Å². The lowest BCUT2D eigenvalue weighted by Crippen LogP contribution is -1.88. The maximum absolute atomic E-state index is 9.57. The van der Waals surface area contributed by atoms with Gasteiger partial charge in [0.1, 0.15) is 5.85 Å². The van der Waals surface area contributed by atoms with E-state index in [1.54, 1.807) is 0 Å². The van der Waals surface area contributed by atoms with Crippen molar-refractivity contribution in [1.29, 1.82) is 0 Å². The van der Waals surface area contributed by atoms with Gasteiger partial charge in [-0.2, -0.15) is 0 Å². The monoisotopic (exact) mass is 109 g/mol. The van der Waals surface area contributed by atoms with Gasteiger partial charge >= 0.3 is 0 Å². The Kier molecular flexibility index (Phi) is 2.40. The van der Waals surface area contributed by atoms with Crippen molar-refractivity contribution in [1.82, 2.24) is 0 Å². The third kappa shape index (κ3) is 2.39. The molecule has 0 heterocycles. The average molecular weight is 109 g/mol. The maximum atomic E-state index is 9.57. The Morgan fingerprint density at radius 1 is 1.83 bits per heavy atom. The van der Waals surface area contributed by atoms with Gasteiger partial charge in [0.2, 0.25) is 8.03 Å². The van der Waals surface area contributed by atoms with E-state index < -0.39 is 13.9 Å². The van der Waals surface area contributed by atoms with Crippen molar-refractivity contribution >= 4 is 8.03 Å². The summed E-state index contributed by atoms with van der Waals surface area (Å²) < 4.78 is 9.57. The van der Waals surface area contributed by atoms with Gasteiger partial charge in [-0.25, -0.2) is 0 Å². The minimum Gasteiger partial charge on any atom is -0.383 e. The highest BCUT2D eigenvalue weighted by atomic mass is 31.1. The molecular weight excluding hydrogens is 103 g/mol. The summed E-state index contributed by atoms with van der Waals surface area (Å²) in [6, 6.07) is 0. The van der Waals surface area contributed by atoms with E-state index in [0.717, 1.165) is 0 Å². The highest BCUT2D eigenvalue weighted by Gasteiger charge is 1.97. The SMILES string of the molecule is [CH2]C(O)[PH](=O)O. The van der Waals surface area contributed by atoms with E-state index in [1.807, 2.05) is 0 Å². The van der Waals surface area contributed by atoms with Gasteiger partial charge in [0.25, 0.3) is 0 Å². The zero-order valence-electron chi connectivity index (χ0n) is 3.09. The second kappa shape index (κ2) is 2.35. The molecule has 0 spiro atoms. The molecule has 0 amide bonds. The molecule has 4 heteroatoms. The first-order valence-electron chi connectivity index (χ1n) is 1.38. The molecule has 0 aromatic rings. The number of aliphatic hydroxyl groups excluding tert-OH is 1. The van der Waals surface area contributed by atoms with Crippen LogP contribution in [0.25, 0.3) is 0 Å². The zero-order chi connectivity index (χ0) is 5.15. The molecule has 2 unspecified atom stereocenters. The van der Waals surface area contributed by atoms with Gasteiger partial charge in [-0.1, -0.05) is 0 Å². The zero-order valence-corrected chi connectivity index (χ0v) is 4.09. The summed E-state index contributed by atoms with van der Waals surface area (Å²) >= 11 is 0. The largest absolute Gasteiger partial charge is 0.383 e. The van der Waals surface area contributed by atoms with Crippen LogP contribution in [0.5, 0.6) is 0 Å². The van der Waals surface area contributed by atoms with Crippen LogP contribution in [0.3, 0.4) is 0 Å². The second-order valence-electron chi connectivity index (χ2n) is 0.854. The summed E-state index contributed by atoms with van der Waals surface area (Å²) in [7, 11) is -2.76. The van der Waals surface area contributed by atoms with Crippen LogP contribution in [0.15, 0.2) is 0 Å². The second-order valence-corrected chi connectivity index (χ2v) is 2.20. The van der Waals surface area contributed by atoms with E-state index in [0.29, 0.717) is 0 Å². The summed E-state index contributed by atoms with van der Waals surface area (Å²) in [5, 5.41) is 8.00. The lowest BCUT2D eigenvalue weighted by molar-refractivity contribution is 0.279. The van der Waals surface area contributed by atoms with Gasteiger partial charge in [0.05, 0.1) is 0 Å². The fraction of sp³-hybridized carbons (Fsp3) is 0.500. The van der Waals surface area contributed by atoms with Crippen molar-refractivity contribution in [3.8, 4) is 0 Å². The van der Waals surface area contributed by atoms with Crippen LogP contribution >= 0.6 is 8.03 Å². The number of hydrogen-bond acceptors (Lipinski definition) is 2. The molecule has 0 saturated heterocycles. The molecule has 1 radical (unpaired) electrons. The minimum absolute atomic E-state index is 1.30. The third-order valence-corrected chi connectivity index (χ3v) is 0.855. The molecule has 0 aliphatic carbocycles. The number of rotatable bonds is 1. The number of aliphatic hydroxyl groups is 1. The molecule has 0 fully saturated rings. The van der Waals surface area contributed by atoms with E-state index in [-0.39, 0.29) is 0 Å². The summed E-state index contributed by atoms with van der Waals surface area (Å²) in [6.45, 7) is 2.88. The van der Waals surface area contributed by atoms with Crippen LogP contribution in [0.4, 0.5) is 0 Å². The molecule has 6 heavy (non-hydrogen) atoms. The van der Waals surface area contributed by atoms with E-state index in [1.165, 1.54) is 0 Å². The highest BCUT2D eigenvalue weighted by molar-refractivity contribution is 7.38. The maximum Gasteiger partial charge on any atom is 0.216 e. The van der Waals surface area contributed by atoms with Crippen LogP contribution in [-0.4, -0.2) is 15.8 Å². The summed E-state index contributed by atoms with van der Waals surface area (Å²) in [5.41, 5.74) is 0. The van der Waals surface area contributed by atoms with Gasteiger partial charge in [0, 0.05) is 0 Å². The normalized spacial score (nSPS) is 19.8. The fourth-order valence-corrected chi connectivity index (χ4v) is 0. The topological polar surface area (TPSA) is 57.5 Å². The minimum atomic E-state index is -2.76. The van der Waals surface area contributed by atoms with Crippen LogP contribution in [0.1, 0.15) is 0 Å². The van der Waals surface area contributed by atoms with Crippen LogP contribution in [-0.2, 0) is 4.57 Å². The summed E-state index contributed by atoms with van der Waals surface area (Å²) in [4.78, 5) is 7.86. The molecule has 0 bridgehead atoms. The molecule has 2 N–H and O–H groups in total. The Morgan fingerprint density at radius 2 is 2.00 bits per heavy atom. The van der Waals surface area contributed by atoms with Crippen molar-refractivity contribution in [2.75, 3.05) is 0 Å². The predicted octanol–water partition coefficient (Wildman–Crippen LogP) is -0.394. The Bertz CT molecular complexity index is 59.8. The Hall–Kier alpha value is 0.150. The molecule has 2 atom stereocenters. The lowest BCUT2D eigenvalue weighted by atomic mass is 10.9. The van der Waals surface area contributed by atoms with E-state index in [9.17, 15) is 4.57 Å². The fourth-order valence-electron chi connectivity index (χ4n) is 0. The smallest absolute Gasteiger partial charge is 0.216 e. The predicted molar refractivity (Wildman–Crippen MR) is 22.6 cm³/mol. The Labute approximate surface area is 36.5 Å². The molecule has 0 saturated carbocycles. The third-order valence-electron chi connectivity index (χ3n) is 0.285.